The molecule has 1 aromatic rings. The molecule has 0 unspecified atom stereocenters. The summed E-state index contributed by atoms with van der Waals surface area (Å²) < 4.78 is 43.4. The van der Waals surface area contributed by atoms with E-state index in [1.54, 1.807) is 6.92 Å². The minimum absolute atomic E-state index is 0.150. The zero-order chi connectivity index (χ0) is 12.1. The lowest BCUT2D eigenvalue weighted by Crippen LogP contribution is -2.00. The van der Waals surface area contributed by atoms with Gasteiger partial charge in [0.25, 0.3) is 0 Å². The highest BCUT2D eigenvalue weighted by molar-refractivity contribution is 5.87. The van der Waals surface area contributed by atoms with Crippen LogP contribution in [0.5, 0.6) is 0 Å². The molecular formula is C11H9F3O2. The largest absolute Gasteiger partial charge is 0.463 e. The summed E-state index contributed by atoms with van der Waals surface area (Å²) in [6, 6.07) is 1.45. The predicted octanol–water partition coefficient (Wildman–Crippen LogP) is 2.68. The monoisotopic (exact) mass is 230 g/mol. The van der Waals surface area contributed by atoms with E-state index in [1.807, 2.05) is 0 Å². The van der Waals surface area contributed by atoms with Crippen LogP contribution in [0.4, 0.5) is 13.2 Å². The van der Waals surface area contributed by atoms with E-state index in [-0.39, 0.29) is 6.61 Å². The van der Waals surface area contributed by atoms with Crippen LogP contribution < -0.4 is 0 Å². The second kappa shape index (κ2) is 5.34. The van der Waals surface area contributed by atoms with Crippen molar-refractivity contribution < 1.29 is 22.7 Å². The normalized spacial score (nSPS) is 10.8. The summed E-state index contributed by atoms with van der Waals surface area (Å²) in [5.41, 5.74) is -0.604. The summed E-state index contributed by atoms with van der Waals surface area (Å²) in [6.07, 6.45) is 1.68. The molecule has 0 amide bonds. The lowest BCUT2D eigenvalue weighted by Gasteiger charge is -2.00. The first kappa shape index (κ1) is 12.3. The standard InChI is InChI=1S/C11H9F3O2/c1-2-16-10(15)6-3-7-8(12)4-5-9(13)11(7)14/h3-6H,2H2,1H3/b6-3+. The molecule has 2 nitrogen and oxygen atoms in total. The van der Waals surface area contributed by atoms with Crippen molar-refractivity contribution in [1.82, 2.24) is 0 Å². The molecule has 0 heterocycles. The molecule has 16 heavy (non-hydrogen) atoms. The molecule has 0 saturated heterocycles. The van der Waals surface area contributed by atoms with Crippen molar-refractivity contribution in [2.24, 2.45) is 0 Å². The second-order valence-electron chi connectivity index (χ2n) is 2.84. The van der Waals surface area contributed by atoms with Gasteiger partial charge in [-0.3, -0.25) is 0 Å². The lowest BCUT2D eigenvalue weighted by atomic mass is 10.2. The molecule has 0 spiro atoms. The SMILES string of the molecule is CCOC(=O)/C=C/c1c(F)ccc(F)c1F. The predicted molar refractivity (Wildman–Crippen MR) is 52.0 cm³/mol. The summed E-state index contributed by atoms with van der Waals surface area (Å²) in [5, 5.41) is 0. The van der Waals surface area contributed by atoms with Gasteiger partial charge in [0, 0.05) is 11.6 Å². The highest BCUT2D eigenvalue weighted by Gasteiger charge is 2.11. The number of carbonyl (C=O) groups excluding carboxylic acids is 1. The fourth-order valence-corrected chi connectivity index (χ4v) is 1.04. The van der Waals surface area contributed by atoms with Gasteiger partial charge in [0.15, 0.2) is 11.6 Å². The number of ether oxygens (including phenoxy) is 1. The fraction of sp³-hybridized carbons (Fsp3) is 0.182. The Morgan fingerprint density at radius 3 is 2.56 bits per heavy atom. The molecule has 1 rings (SSSR count). The first-order chi connectivity index (χ1) is 7.56. The molecule has 0 aromatic heterocycles. The van der Waals surface area contributed by atoms with E-state index in [9.17, 15) is 18.0 Å². The van der Waals surface area contributed by atoms with Gasteiger partial charge >= 0.3 is 5.97 Å². The molecular weight excluding hydrogens is 221 g/mol. The smallest absolute Gasteiger partial charge is 0.330 e. The third-order valence-electron chi connectivity index (χ3n) is 1.75. The van der Waals surface area contributed by atoms with E-state index in [0.29, 0.717) is 6.07 Å². The molecule has 0 bridgehead atoms. The first-order valence-electron chi connectivity index (χ1n) is 4.54. The third-order valence-corrected chi connectivity index (χ3v) is 1.75. The quantitative estimate of drug-likeness (QED) is 0.453. The van der Waals surface area contributed by atoms with Crippen molar-refractivity contribution in [3.8, 4) is 0 Å². The number of hydrogen-bond acceptors (Lipinski definition) is 2. The Labute approximate surface area is 90.3 Å². The zero-order valence-electron chi connectivity index (χ0n) is 8.47. The van der Waals surface area contributed by atoms with E-state index in [4.69, 9.17) is 0 Å². The van der Waals surface area contributed by atoms with Crippen LogP contribution in [0.3, 0.4) is 0 Å². The van der Waals surface area contributed by atoms with Gasteiger partial charge in [-0.25, -0.2) is 18.0 Å². The Balaban J connectivity index is 2.97. The van der Waals surface area contributed by atoms with E-state index in [2.05, 4.69) is 4.74 Å². The van der Waals surface area contributed by atoms with Gasteiger partial charge in [-0.2, -0.15) is 0 Å². The number of hydrogen-bond donors (Lipinski definition) is 0. The van der Waals surface area contributed by atoms with Crippen LogP contribution in [0, 0.1) is 17.5 Å². The summed E-state index contributed by atoms with van der Waals surface area (Å²) >= 11 is 0. The molecule has 0 aliphatic heterocycles. The number of rotatable bonds is 3. The summed E-state index contributed by atoms with van der Waals surface area (Å²) in [6.45, 7) is 1.74. The van der Waals surface area contributed by atoms with Crippen LogP contribution >= 0.6 is 0 Å². The molecule has 86 valence electrons. The summed E-state index contributed by atoms with van der Waals surface area (Å²) in [7, 11) is 0. The number of halogens is 3. The minimum atomic E-state index is -1.33. The molecule has 0 saturated carbocycles. The van der Waals surface area contributed by atoms with Crippen molar-refractivity contribution >= 4 is 12.0 Å². The number of carbonyl (C=O) groups is 1. The highest BCUT2D eigenvalue weighted by Crippen LogP contribution is 2.17. The molecule has 0 N–H and O–H groups in total. The Morgan fingerprint density at radius 2 is 1.94 bits per heavy atom. The summed E-state index contributed by atoms with van der Waals surface area (Å²) in [4.78, 5) is 10.9. The van der Waals surface area contributed by atoms with Gasteiger partial charge < -0.3 is 4.74 Å². The van der Waals surface area contributed by atoms with Crippen LogP contribution in [0.2, 0.25) is 0 Å². The van der Waals surface area contributed by atoms with Crippen molar-refractivity contribution in [1.29, 1.82) is 0 Å². The highest BCUT2D eigenvalue weighted by atomic mass is 19.2. The van der Waals surface area contributed by atoms with Gasteiger partial charge in [0.2, 0.25) is 0 Å². The maximum absolute atomic E-state index is 13.1. The van der Waals surface area contributed by atoms with E-state index < -0.39 is 29.0 Å². The van der Waals surface area contributed by atoms with Crippen LogP contribution in [-0.2, 0) is 9.53 Å². The van der Waals surface area contributed by atoms with Crippen LogP contribution in [0.1, 0.15) is 12.5 Å². The molecule has 0 aliphatic carbocycles. The van der Waals surface area contributed by atoms with Crippen LogP contribution in [0.25, 0.3) is 6.08 Å². The van der Waals surface area contributed by atoms with Gasteiger partial charge in [0.05, 0.1) is 6.61 Å². The van der Waals surface area contributed by atoms with E-state index in [0.717, 1.165) is 18.2 Å². The lowest BCUT2D eigenvalue weighted by molar-refractivity contribution is -0.137. The Kier molecular flexibility index (Phi) is 4.10. The Morgan fingerprint density at radius 1 is 1.31 bits per heavy atom. The van der Waals surface area contributed by atoms with Crippen molar-refractivity contribution in [3.63, 3.8) is 0 Å². The fourth-order valence-electron chi connectivity index (χ4n) is 1.04. The van der Waals surface area contributed by atoms with Gasteiger partial charge in [-0.05, 0) is 25.1 Å². The molecule has 5 heteroatoms. The van der Waals surface area contributed by atoms with Gasteiger partial charge in [-0.15, -0.1) is 0 Å². The first-order valence-corrected chi connectivity index (χ1v) is 4.54. The number of benzene rings is 1. The number of esters is 1. The van der Waals surface area contributed by atoms with Crippen LogP contribution in [0.15, 0.2) is 18.2 Å². The Hall–Kier alpha value is -1.78. The molecule has 0 fully saturated rings. The second-order valence-corrected chi connectivity index (χ2v) is 2.84. The topological polar surface area (TPSA) is 26.3 Å². The molecule has 0 aliphatic rings. The van der Waals surface area contributed by atoms with E-state index in [1.165, 1.54) is 0 Å². The van der Waals surface area contributed by atoms with Gasteiger partial charge in [-0.1, -0.05) is 0 Å². The van der Waals surface area contributed by atoms with Crippen molar-refractivity contribution in [2.45, 2.75) is 6.92 Å². The van der Waals surface area contributed by atoms with Crippen molar-refractivity contribution in [3.05, 3.63) is 41.2 Å². The van der Waals surface area contributed by atoms with Crippen LogP contribution in [-0.4, -0.2) is 12.6 Å². The molecule has 1 aromatic carbocycles. The maximum atomic E-state index is 13.1. The summed E-state index contributed by atoms with van der Waals surface area (Å²) in [5.74, 6) is -4.20. The van der Waals surface area contributed by atoms with E-state index >= 15 is 0 Å². The van der Waals surface area contributed by atoms with Crippen molar-refractivity contribution in [2.75, 3.05) is 6.61 Å². The molecule has 0 atom stereocenters. The maximum Gasteiger partial charge on any atom is 0.330 e. The van der Waals surface area contributed by atoms with Gasteiger partial charge in [0.1, 0.15) is 5.82 Å². The minimum Gasteiger partial charge on any atom is -0.463 e. The third kappa shape index (κ3) is 2.85. The molecule has 0 radical (unpaired) electrons. The Bertz CT molecular complexity index is 427. The average Bonchev–Trinajstić information content (AvgIpc) is 2.24. The average molecular weight is 230 g/mol. The zero-order valence-corrected chi connectivity index (χ0v) is 8.47.